The topological polar surface area (TPSA) is 133 Å². The molecular formula is C14H21N5O4. The lowest BCUT2D eigenvalue weighted by molar-refractivity contribution is 0.0587. The van der Waals surface area contributed by atoms with E-state index in [1.165, 1.54) is 7.11 Å². The number of esters is 1. The Morgan fingerprint density at radius 1 is 1.13 bits per heavy atom. The molecule has 3 amide bonds. The van der Waals surface area contributed by atoms with Crippen LogP contribution in [0.25, 0.3) is 0 Å². The fraction of sp³-hybridized carbons (Fsp3) is 0.500. The molecule has 0 saturated carbocycles. The zero-order valence-corrected chi connectivity index (χ0v) is 13.2. The number of ether oxygens (including phenoxy) is 1. The van der Waals surface area contributed by atoms with Crippen LogP contribution in [0.5, 0.6) is 0 Å². The van der Waals surface area contributed by atoms with Crippen molar-refractivity contribution in [2.24, 2.45) is 5.73 Å². The highest BCUT2D eigenvalue weighted by atomic mass is 16.5. The monoisotopic (exact) mass is 323 g/mol. The third kappa shape index (κ3) is 3.08. The highest BCUT2D eigenvalue weighted by Crippen LogP contribution is 2.27. The number of urea groups is 1. The number of nitrogen functional groups attached to an aromatic ring is 1. The summed E-state index contributed by atoms with van der Waals surface area (Å²) in [6, 6.07) is -0.858. The van der Waals surface area contributed by atoms with Crippen molar-refractivity contribution in [1.29, 1.82) is 0 Å². The van der Waals surface area contributed by atoms with Gasteiger partial charge in [0.15, 0.2) is 0 Å². The van der Waals surface area contributed by atoms with E-state index >= 15 is 0 Å². The number of nitrogens with two attached hydrogens (primary N) is 2. The standard InChI is InChI=1S/C14H21N5O4/c1-8-9(13(21)23-2)10(11(15)19(8)17-14(16)22)12(20)18-6-4-3-5-7-18/h3-7,15H2,1-2H3,(H3,16,17,22). The first kappa shape index (κ1) is 16.7. The van der Waals surface area contributed by atoms with Gasteiger partial charge in [-0.05, 0) is 26.2 Å². The van der Waals surface area contributed by atoms with Crippen molar-refractivity contribution in [2.45, 2.75) is 26.2 Å². The van der Waals surface area contributed by atoms with E-state index in [0.29, 0.717) is 13.1 Å². The molecule has 9 heteroatoms. The Morgan fingerprint density at radius 3 is 2.26 bits per heavy atom. The van der Waals surface area contributed by atoms with E-state index in [1.54, 1.807) is 11.8 Å². The Hall–Kier alpha value is -2.71. The van der Waals surface area contributed by atoms with Crippen molar-refractivity contribution >= 4 is 23.7 Å². The molecule has 1 aromatic rings. The number of methoxy groups -OCH3 is 1. The number of carbonyl (C=O) groups excluding carboxylic acids is 3. The van der Waals surface area contributed by atoms with E-state index in [4.69, 9.17) is 16.2 Å². The van der Waals surface area contributed by atoms with Crippen molar-refractivity contribution in [3.05, 3.63) is 16.8 Å². The molecule has 1 fully saturated rings. The van der Waals surface area contributed by atoms with Gasteiger partial charge in [-0.3, -0.25) is 4.79 Å². The van der Waals surface area contributed by atoms with Gasteiger partial charge in [-0.25, -0.2) is 19.7 Å². The molecule has 0 aromatic carbocycles. The number of nitrogens with one attached hydrogen (secondary N) is 1. The van der Waals surface area contributed by atoms with Crippen molar-refractivity contribution in [1.82, 2.24) is 9.58 Å². The SMILES string of the molecule is COC(=O)c1c(C(=O)N2CCCCC2)c(N)n(NC(N)=O)c1C. The summed E-state index contributed by atoms with van der Waals surface area (Å²) in [5, 5.41) is 0. The fourth-order valence-corrected chi connectivity index (χ4v) is 2.79. The number of piperidine rings is 1. The Kier molecular flexibility index (Phi) is 4.77. The van der Waals surface area contributed by atoms with Crippen LogP contribution in [0.2, 0.25) is 0 Å². The highest BCUT2D eigenvalue weighted by molar-refractivity contribution is 6.10. The van der Waals surface area contributed by atoms with Crippen LogP contribution in [0, 0.1) is 6.92 Å². The lowest BCUT2D eigenvalue weighted by Crippen LogP contribution is -2.36. The second kappa shape index (κ2) is 6.59. The van der Waals surface area contributed by atoms with Crippen LogP contribution in [0.1, 0.15) is 45.7 Å². The summed E-state index contributed by atoms with van der Waals surface area (Å²) in [4.78, 5) is 37.7. The van der Waals surface area contributed by atoms with Crippen LogP contribution in [-0.2, 0) is 4.74 Å². The summed E-state index contributed by atoms with van der Waals surface area (Å²) in [6.07, 6.45) is 2.86. The molecule has 5 N–H and O–H groups in total. The number of rotatable bonds is 3. The highest BCUT2D eigenvalue weighted by Gasteiger charge is 2.32. The summed E-state index contributed by atoms with van der Waals surface area (Å²) in [5.41, 5.74) is 13.7. The molecule has 0 spiro atoms. The quantitative estimate of drug-likeness (QED) is 0.693. The lowest BCUT2D eigenvalue weighted by atomic mass is 10.1. The minimum Gasteiger partial charge on any atom is -0.465 e. The number of carbonyl (C=O) groups is 3. The molecule has 0 unspecified atom stereocenters. The first-order valence-corrected chi connectivity index (χ1v) is 7.33. The first-order chi connectivity index (χ1) is 10.9. The van der Waals surface area contributed by atoms with Gasteiger partial charge < -0.3 is 21.1 Å². The van der Waals surface area contributed by atoms with Crippen molar-refractivity contribution in [3.63, 3.8) is 0 Å². The van der Waals surface area contributed by atoms with E-state index in [0.717, 1.165) is 23.9 Å². The number of hydrogen-bond donors (Lipinski definition) is 3. The van der Waals surface area contributed by atoms with Crippen LogP contribution in [0.3, 0.4) is 0 Å². The van der Waals surface area contributed by atoms with Gasteiger partial charge in [0.25, 0.3) is 5.91 Å². The van der Waals surface area contributed by atoms with E-state index in [2.05, 4.69) is 5.43 Å². The van der Waals surface area contributed by atoms with E-state index in [-0.39, 0.29) is 28.5 Å². The number of likely N-dealkylation sites (tertiary alicyclic amines) is 1. The summed E-state index contributed by atoms with van der Waals surface area (Å²) in [7, 11) is 1.21. The minimum absolute atomic E-state index is 0.0324. The molecule has 1 aromatic heterocycles. The average Bonchev–Trinajstić information content (AvgIpc) is 2.78. The smallest absolute Gasteiger partial charge is 0.340 e. The average molecular weight is 323 g/mol. The fourth-order valence-electron chi connectivity index (χ4n) is 2.79. The minimum atomic E-state index is -0.858. The van der Waals surface area contributed by atoms with Crippen LogP contribution in [0.4, 0.5) is 10.6 Å². The predicted octanol–water partition coefficient (Wildman–Crippen LogP) is 0.414. The van der Waals surface area contributed by atoms with Gasteiger partial charge in [-0.15, -0.1) is 0 Å². The summed E-state index contributed by atoms with van der Waals surface area (Å²) in [6.45, 7) is 2.75. The maximum atomic E-state index is 12.8. The second-order valence-corrected chi connectivity index (χ2v) is 5.38. The van der Waals surface area contributed by atoms with Crippen molar-refractivity contribution < 1.29 is 19.1 Å². The van der Waals surface area contributed by atoms with E-state index in [9.17, 15) is 14.4 Å². The molecule has 2 rings (SSSR count). The maximum Gasteiger partial charge on any atom is 0.340 e. The molecule has 0 radical (unpaired) electrons. The summed E-state index contributed by atoms with van der Waals surface area (Å²) in [5.74, 6) is -1.09. The zero-order chi connectivity index (χ0) is 17.1. The molecule has 1 aliphatic rings. The van der Waals surface area contributed by atoms with Gasteiger partial charge in [-0.2, -0.15) is 0 Å². The molecule has 0 bridgehead atoms. The number of anilines is 1. The van der Waals surface area contributed by atoms with E-state index in [1.807, 2.05) is 0 Å². The predicted molar refractivity (Wildman–Crippen MR) is 83.6 cm³/mol. The largest absolute Gasteiger partial charge is 0.465 e. The third-order valence-electron chi connectivity index (χ3n) is 3.91. The molecule has 23 heavy (non-hydrogen) atoms. The lowest BCUT2D eigenvalue weighted by Gasteiger charge is -2.26. The summed E-state index contributed by atoms with van der Waals surface area (Å²) < 4.78 is 5.88. The van der Waals surface area contributed by atoms with Crippen LogP contribution in [0.15, 0.2) is 0 Å². The molecular weight excluding hydrogens is 302 g/mol. The van der Waals surface area contributed by atoms with Crippen LogP contribution < -0.4 is 16.9 Å². The van der Waals surface area contributed by atoms with Crippen molar-refractivity contribution in [3.8, 4) is 0 Å². The normalized spacial score (nSPS) is 14.4. The number of amides is 3. The number of aromatic nitrogens is 1. The van der Waals surface area contributed by atoms with Crippen LogP contribution >= 0.6 is 0 Å². The van der Waals surface area contributed by atoms with Gasteiger partial charge >= 0.3 is 12.0 Å². The van der Waals surface area contributed by atoms with Crippen molar-refractivity contribution in [2.75, 3.05) is 31.4 Å². The van der Waals surface area contributed by atoms with Crippen LogP contribution in [-0.4, -0.2) is 47.7 Å². The van der Waals surface area contributed by atoms with Gasteiger partial charge in [0.1, 0.15) is 5.82 Å². The molecule has 0 atom stereocenters. The Morgan fingerprint density at radius 2 is 1.74 bits per heavy atom. The molecule has 1 saturated heterocycles. The Bertz CT molecular complexity index is 646. The summed E-state index contributed by atoms with van der Waals surface area (Å²) >= 11 is 0. The number of nitrogens with zero attached hydrogens (tertiary/aromatic N) is 2. The van der Waals surface area contributed by atoms with Gasteiger partial charge in [0, 0.05) is 13.1 Å². The molecule has 0 aliphatic carbocycles. The Labute approximate surface area is 133 Å². The Balaban J connectivity index is 2.53. The third-order valence-corrected chi connectivity index (χ3v) is 3.91. The molecule has 1 aliphatic heterocycles. The molecule has 126 valence electrons. The van der Waals surface area contributed by atoms with Gasteiger partial charge in [-0.1, -0.05) is 0 Å². The van der Waals surface area contributed by atoms with E-state index < -0.39 is 12.0 Å². The maximum absolute atomic E-state index is 12.8. The number of primary amides is 1. The van der Waals surface area contributed by atoms with Gasteiger partial charge in [0.05, 0.1) is 23.9 Å². The molecule has 2 heterocycles. The number of hydrogen-bond acceptors (Lipinski definition) is 5. The zero-order valence-electron chi connectivity index (χ0n) is 13.2. The first-order valence-electron chi connectivity index (χ1n) is 7.33. The molecule has 9 nitrogen and oxygen atoms in total. The second-order valence-electron chi connectivity index (χ2n) is 5.38. The van der Waals surface area contributed by atoms with Gasteiger partial charge in [0.2, 0.25) is 0 Å².